The summed E-state index contributed by atoms with van der Waals surface area (Å²) in [6.45, 7) is 1.63. The molecule has 0 spiro atoms. The molecule has 2 aromatic rings. The number of nitrogens with zero attached hydrogens (tertiary/aromatic N) is 1. The number of halogens is 3. The first-order valence-electron chi connectivity index (χ1n) is 6.14. The van der Waals surface area contributed by atoms with E-state index >= 15 is 0 Å². The Morgan fingerprint density at radius 1 is 1.05 bits per heavy atom. The minimum atomic E-state index is -4.35. The fraction of sp³-hybridized carbons (Fsp3) is 0.133. The number of oxime groups is 1. The maximum Gasteiger partial charge on any atom is 0.416 e. The molecule has 0 atom stereocenters. The van der Waals surface area contributed by atoms with E-state index in [0.717, 1.165) is 12.1 Å². The number of hydrogen-bond donors (Lipinski definition) is 2. The Bertz CT molecular complexity index is 649. The van der Waals surface area contributed by atoms with E-state index in [-0.39, 0.29) is 0 Å². The molecule has 0 heterocycles. The number of anilines is 2. The topological polar surface area (TPSA) is 44.6 Å². The van der Waals surface area contributed by atoms with E-state index < -0.39 is 11.7 Å². The van der Waals surface area contributed by atoms with Gasteiger partial charge in [-0.15, -0.1) is 0 Å². The molecule has 0 fully saturated rings. The van der Waals surface area contributed by atoms with Crippen LogP contribution in [0.3, 0.4) is 0 Å². The van der Waals surface area contributed by atoms with E-state index in [4.69, 9.17) is 5.21 Å². The zero-order chi connectivity index (χ0) is 15.5. The normalized spacial score (nSPS) is 12.3. The lowest BCUT2D eigenvalue weighted by molar-refractivity contribution is -0.137. The minimum absolute atomic E-state index is 0.407. The molecule has 0 aliphatic rings. The van der Waals surface area contributed by atoms with Crippen molar-refractivity contribution in [2.45, 2.75) is 13.1 Å². The summed E-state index contributed by atoms with van der Waals surface area (Å²) >= 11 is 0. The van der Waals surface area contributed by atoms with Crippen LogP contribution in [0.5, 0.6) is 0 Å². The summed E-state index contributed by atoms with van der Waals surface area (Å²) in [5.41, 5.74) is 1.54. The van der Waals surface area contributed by atoms with E-state index in [1.807, 2.05) is 0 Å². The van der Waals surface area contributed by atoms with Crippen LogP contribution in [-0.4, -0.2) is 10.9 Å². The van der Waals surface area contributed by atoms with Gasteiger partial charge in [-0.05, 0) is 37.3 Å². The molecule has 0 radical (unpaired) electrons. The molecule has 0 unspecified atom stereocenters. The number of rotatable bonds is 3. The summed E-state index contributed by atoms with van der Waals surface area (Å²) in [6.07, 6.45) is -4.35. The zero-order valence-corrected chi connectivity index (χ0v) is 11.1. The standard InChI is InChI=1S/C15H13F3N2O/c1-10(20-21)13-4-2-3-5-14(13)19-12-8-6-11(7-9-12)15(16,17)18/h2-9,19,21H,1H3/b20-10+. The van der Waals surface area contributed by atoms with Crippen LogP contribution in [0.15, 0.2) is 53.7 Å². The van der Waals surface area contributed by atoms with Gasteiger partial charge in [0.15, 0.2) is 0 Å². The van der Waals surface area contributed by atoms with Crippen molar-refractivity contribution < 1.29 is 18.4 Å². The van der Waals surface area contributed by atoms with Crippen molar-refractivity contribution in [2.75, 3.05) is 5.32 Å². The van der Waals surface area contributed by atoms with Crippen molar-refractivity contribution in [3.05, 3.63) is 59.7 Å². The van der Waals surface area contributed by atoms with Crippen molar-refractivity contribution in [1.29, 1.82) is 0 Å². The summed E-state index contributed by atoms with van der Waals surface area (Å²) in [4.78, 5) is 0. The van der Waals surface area contributed by atoms with Gasteiger partial charge < -0.3 is 10.5 Å². The summed E-state index contributed by atoms with van der Waals surface area (Å²) in [7, 11) is 0. The van der Waals surface area contributed by atoms with E-state index in [9.17, 15) is 13.2 Å². The number of alkyl halides is 3. The maximum atomic E-state index is 12.5. The van der Waals surface area contributed by atoms with Gasteiger partial charge in [-0.25, -0.2) is 0 Å². The molecular weight excluding hydrogens is 281 g/mol. The molecule has 0 amide bonds. The van der Waals surface area contributed by atoms with Gasteiger partial charge in [-0.1, -0.05) is 23.4 Å². The van der Waals surface area contributed by atoms with Crippen LogP contribution in [-0.2, 0) is 6.18 Å². The average molecular weight is 294 g/mol. The second-order valence-electron chi connectivity index (χ2n) is 4.43. The first-order chi connectivity index (χ1) is 9.91. The number of para-hydroxylation sites is 1. The second-order valence-corrected chi connectivity index (χ2v) is 4.43. The lowest BCUT2D eigenvalue weighted by Crippen LogP contribution is -2.05. The van der Waals surface area contributed by atoms with Gasteiger partial charge in [0.1, 0.15) is 0 Å². The highest BCUT2D eigenvalue weighted by Crippen LogP contribution is 2.30. The first kappa shape index (κ1) is 14.9. The van der Waals surface area contributed by atoms with E-state index in [1.54, 1.807) is 31.2 Å². The molecule has 3 nitrogen and oxygen atoms in total. The van der Waals surface area contributed by atoms with Crippen LogP contribution in [0.1, 0.15) is 18.1 Å². The molecule has 21 heavy (non-hydrogen) atoms. The third-order valence-corrected chi connectivity index (χ3v) is 2.96. The maximum absolute atomic E-state index is 12.5. The van der Waals surface area contributed by atoms with Gasteiger partial charge in [0.25, 0.3) is 0 Å². The third-order valence-electron chi connectivity index (χ3n) is 2.96. The van der Waals surface area contributed by atoms with Gasteiger partial charge >= 0.3 is 6.18 Å². The number of hydrogen-bond acceptors (Lipinski definition) is 3. The molecule has 110 valence electrons. The average Bonchev–Trinajstić information content (AvgIpc) is 2.46. The highest BCUT2D eigenvalue weighted by molar-refractivity contribution is 6.03. The highest BCUT2D eigenvalue weighted by atomic mass is 19.4. The zero-order valence-electron chi connectivity index (χ0n) is 11.1. The SMILES string of the molecule is C/C(=N\O)c1ccccc1Nc1ccc(C(F)(F)F)cc1. The summed E-state index contributed by atoms with van der Waals surface area (Å²) in [6, 6.07) is 11.8. The molecule has 2 N–H and O–H groups in total. The molecular formula is C15H13F3N2O. The van der Waals surface area contributed by atoms with Crippen molar-refractivity contribution in [3.63, 3.8) is 0 Å². The Morgan fingerprint density at radius 2 is 1.67 bits per heavy atom. The Kier molecular flexibility index (Phi) is 4.16. The number of nitrogens with one attached hydrogen (secondary N) is 1. The fourth-order valence-corrected chi connectivity index (χ4v) is 1.86. The molecule has 6 heteroatoms. The summed E-state index contributed by atoms with van der Waals surface area (Å²) < 4.78 is 37.5. The van der Waals surface area contributed by atoms with Crippen LogP contribution >= 0.6 is 0 Å². The molecule has 0 saturated carbocycles. The quantitative estimate of drug-likeness (QED) is 0.492. The number of benzene rings is 2. The largest absolute Gasteiger partial charge is 0.416 e. The second kappa shape index (κ2) is 5.87. The predicted octanol–water partition coefficient (Wildman–Crippen LogP) is 4.65. The van der Waals surface area contributed by atoms with Gasteiger partial charge in [-0.3, -0.25) is 0 Å². The van der Waals surface area contributed by atoms with Crippen molar-refractivity contribution in [1.82, 2.24) is 0 Å². The van der Waals surface area contributed by atoms with Crippen LogP contribution in [0, 0.1) is 0 Å². The molecule has 0 saturated heterocycles. The Labute approximate surface area is 119 Å². The Morgan fingerprint density at radius 3 is 2.24 bits per heavy atom. The van der Waals surface area contributed by atoms with Gasteiger partial charge in [-0.2, -0.15) is 13.2 Å². The van der Waals surface area contributed by atoms with Crippen molar-refractivity contribution >= 4 is 17.1 Å². The lowest BCUT2D eigenvalue weighted by atomic mass is 10.1. The molecule has 2 rings (SSSR count). The van der Waals surface area contributed by atoms with Crippen LogP contribution in [0.2, 0.25) is 0 Å². The monoisotopic (exact) mass is 294 g/mol. The smallest absolute Gasteiger partial charge is 0.411 e. The first-order valence-corrected chi connectivity index (χ1v) is 6.14. The van der Waals surface area contributed by atoms with E-state index in [2.05, 4.69) is 10.5 Å². The van der Waals surface area contributed by atoms with Gasteiger partial charge in [0, 0.05) is 16.9 Å². The molecule has 2 aromatic carbocycles. The van der Waals surface area contributed by atoms with Crippen molar-refractivity contribution in [2.24, 2.45) is 5.16 Å². The lowest BCUT2D eigenvalue weighted by Gasteiger charge is -2.12. The molecule has 0 aromatic heterocycles. The Hall–Kier alpha value is -2.50. The predicted molar refractivity (Wildman–Crippen MR) is 75.2 cm³/mol. The molecule has 0 bridgehead atoms. The third kappa shape index (κ3) is 3.53. The molecule has 0 aliphatic carbocycles. The van der Waals surface area contributed by atoms with E-state index in [1.165, 1.54) is 12.1 Å². The van der Waals surface area contributed by atoms with E-state index in [0.29, 0.717) is 22.6 Å². The highest BCUT2D eigenvalue weighted by Gasteiger charge is 2.29. The van der Waals surface area contributed by atoms with Gasteiger partial charge in [0.05, 0.1) is 11.3 Å². The Balaban J connectivity index is 2.27. The summed E-state index contributed by atoms with van der Waals surface area (Å²) in [5.74, 6) is 0. The van der Waals surface area contributed by atoms with Crippen LogP contribution in [0.4, 0.5) is 24.5 Å². The van der Waals surface area contributed by atoms with Crippen LogP contribution < -0.4 is 5.32 Å². The fourth-order valence-electron chi connectivity index (χ4n) is 1.86. The molecule has 0 aliphatic heterocycles. The van der Waals surface area contributed by atoms with Crippen LogP contribution in [0.25, 0.3) is 0 Å². The summed E-state index contributed by atoms with van der Waals surface area (Å²) in [5, 5.41) is 15.0. The van der Waals surface area contributed by atoms with Crippen molar-refractivity contribution in [3.8, 4) is 0 Å². The minimum Gasteiger partial charge on any atom is -0.411 e. The van der Waals surface area contributed by atoms with Gasteiger partial charge in [0.2, 0.25) is 0 Å².